The number of rotatable bonds is 7. The first-order valence-corrected chi connectivity index (χ1v) is 8.05. The maximum Gasteiger partial charge on any atom is 0.317 e. The molecule has 1 aliphatic rings. The van der Waals surface area contributed by atoms with E-state index in [0.29, 0.717) is 24.9 Å². The van der Waals surface area contributed by atoms with E-state index < -0.39 is 0 Å². The molecule has 0 spiro atoms. The molecule has 6 heteroatoms. The van der Waals surface area contributed by atoms with Crippen LogP contribution in [-0.2, 0) is 6.54 Å². The van der Waals surface area contributed by atoms with Gasteiger partial charge >= 0.3 is 6.03 Å². The van der Waals surface area contributed by atoms with Crippen LogP contribution in [0.5, 0.6) is 0 Å². The molecule has 124 valence electrons. The molecule has 6 nitrogen and oxygen atoms in total. The minimum atomic E-state index is -0.386. The van der Waals surface area contributed by atoms with Crippen LogP contribution in [0.1, 0.15) is 31.2 Å². The number of aromatic nitrogens is 2. The first kappa shape index (κ1) is 16.8. The Kier molecular flexibility index (Phi) is 5.45. The molecular formula is C16H28N4O2. The lowest BCUT2D eigenvalue weighted by Crippen LogP contribution is -2.43. The van der Waals surface area contributed by atoms with E-state index in [4.69, 9.17) is 0 Å². The molecule has 0 saturated heterocycles. The summed E-state index contributed by atoms with van der Waals surface area (Å²) in [6.07, 6.45) is 1.77. The number of carbonyl (C=O) groups excluding carboxylic acids is 1. The molecule has 2 atom stereocenters. The zero-order valence-corrected chi connectivity index (χ0v) is 14.0. The summed E-state index contributed by atoms with van der Waals surface area (Å²) in [6, 6.07) is 1.93. The van der Waals surface area contributed by atoms with Gasteiger partial charge in [0.25, 0.3) is 0 Å². The first-order valence-electron chi connectivity index (χ1n) is 8.05. The van der Waals surface area contributed by atoms with E-state index in [1.807, 2.05) is 18.5 Å². The van der Waals surface area contributed by atoms with E-state index >= 15 is 0 Å². The highest BCUT2D eigenvalue weighted by Crippen LogP contribution is 2.32. The van der Waals surface area contributed by atoms with Crippen molar-refractivity contribution in [3.8, 4) is 0 Å². The number of aliphatic hydroxyl groups excluding tert-OH is 1. The lowest BCUT2D eigenvalue weighted by atomic mass is 10.2. The van der Waals surface area contributed by atoms with E-state index in [0.717, 1.165) is 30.8 Å². The number of carbonyl (C=O) groups is 1. The van der Waals surface area contributed by atoms with Gasteiger partial charge in [-0.25, -0.2) is 4.79 Å². The van der Waals surface area contributed by atoms with Crippen LogP contribution in [0.3, 0.4) is 0 Å². The van der Waals surface area contributed by atoms with Crippen LogP contribution in [0, 0.1) is 25.7 Å². The summed E-state index contributed by atoms with van der Waals surface area (Å²) in [4.78, 5) is 13.6. The van der Waals surface area contributed by atoms with Crippen LogP contribution < -0.4 is 5.32 Å². The normalized spacial score (nSPS) is 17.1. The molecule has 2 rings (SSSR count). The maximum atomic E-state index is 12.0. The van der Waals surface area contributed by atoms with Crippen molar-refractivity contribution in [2.45, 2.75) is 46.3 Å². The average molecular weight is 308 g/mol. The third-order valence-electron chi connectivity index (χ3n) is 4.16. The SMILES string of the molecule is Cc1cc(C)n(CC(C)CNC(=O)N(C)CC(O)C2CC2)n1. The Morgan fingerprint density at radius 3 is 2.77 bits per heavy atom. The second-order valence-electron chi connectivity index (χ2n) is 6.69. The molecule has 22 heavy (non-hydrogen) atoms. The highest BCUT2D eigenvalue weighted by atomic mass is 16.3. The molecule has 0 aromatic carbocycles. The van der Waals surface area contributed by atoms with Gasteiger partial charge in [0.2, 0.25) is 0 Å². The number of urea groups is 1. The number of amides is 2. The summed E-state index contributed by atoms with van der Waals surface area (Å²) in [7, 11) is 1.73. The van der Waals surface area contributed by atoms with E-state index in [9.17, 15) is 9.90 Å². The molecule has 0 aliphatic heterocycles. The number of nitrogens with zero attached hydrogens (tertiary/aromatic N) is 3. The fourth-order valence-electron chi connectivity index (χ4n) is 2.61. The van der Waals surface area contributed by atoms with E-state index in [1.165, 1.54) is 0 Å². The minimum Gasteiger partial charge on any atom is -0.391 e. The fraction of sp³-hybridized carbons (Fsp3) is 0.750. The van der Waals surface area contributed by atoms with Crippen LogP contribution >= 0.6 is 0 Å². The minimum absolute atomic E-state index is 0.125. The molecule has 0 bridgehead atoms. The number of aryl methyl sites for hydroxylation is 2. The van der Waals surface area contributed by atoms with Gasteiger partial charge < -0.3 is 15.3 Å². The monoisotopic (exact) mass is 308 g/mol. The number of aliphatic hydroxyl groups is 1. The highest BCUT2D eigenvalue weighted by molar-refractivity contribution is 5.73. The summed E-state index contributed by atoms with van der Waals surface area (Å²) < 4.78 is 1.98. The van der Waals surface area contributed by atoms with Gasteiger partial charge in [0.1, 0.15) is 0 Å². The first-order chi connectivity index (χ1) is 10.4. The fourth-order valence-corrected chi connectivity index (χ4v) is 2.61. The molecule has 2 N–H and O–H groups in total. The van der Waals surface area contributed by atoms with Crippen molar-refractivity contribution in [3.63, 3.8) is 0 Å². The number of nitrogens with one attached hydrogen (secondary N) is 1. The van der Waals surface area contributed by atoms with Crippen molar-refractivity contribution in [1.82, 2.24) is 20.0 Å². The van der Waals surface area contributed by atoms with Gasteiger partial charge in [0.05, 0.1) is 11.8 Å². The standard InChI is InChI=1S/C16H28N4O2/c1-11(9-20-13(3)7-12(2)18-20)8-17-16(22)19(4)10-15(21)14-5-6-14/h7,11,14-15,21H,5-6,8-10H2,1-4H3,(H,17,22). The Hall–Kier alpha value is -1.56. The topological polar surface area (TPSA) is 70.4 Å². The molecule has 1 fully saturated rings. The van der Waals surface area contributed by atoms with Crippen LogP contribution in [0.15, 0.2) is 6.07 Å². The van der Waals surface area contributed by atoms with E-state index in [1.54, 1.807) is 11.9 Å². The van der Waals surface area contributed by atoms with Gasteiger partial charge in [-0.15, -0.1) is 0 Å². The summed E-state index contributed by atoms with van der Waals surface area (Å²) in [6.45, 7) is 7.90. The molecule has 1 heterocycles. The zero-order valence-electron chi connectivity index (χ0n) is 14.0. The lowest BCUT2D eigenvalue weighted by Gasteiger charge is -2.22. The number of likely N-dealkylation sites (N-methyl/N-ethyl adjacent to an activating group) is 1. The summed E-state index contributed by atoms with van der Waals surface area (Å²) in [5.74, 6) is 0.684. The van der Waals surface area contributed by atoms with Crippen molar-refractivity contribution >= 4 is 6.03 Å². The van der Waals surface area contributed by atoms with Crippen LogP contribution in [0.2, 0.25) is 0 Å². The zero-order chi connectivity index (χ0) is 16.3. The van der Waals surface area contributed by atoms with Crippen molar-refractivity contribution in [1.29, 1.82) is 0 Å². The molecule has 2 amide bonds. The highest BCUT2D eigenvalue weighted by Gasteiger charge is 2.31. The average Bonchev–Trinajstić information content (AvgIpc) is 3.23. The Balaban J connectivity index is 1.71. The molecule has 1 aliphatic carbocycles. The van der Waals surface area contributed by atoms with Gasteiger partial charge in [0.15, 0.2) is 0 Å². The number of hydrogen-bond donors (Lipinski definition) is 2. The number of hydrogen-bond acceptors (Lipinski definition) is 3. The lowest BCUT2D eigenvalue weighted by molar-refractivity contribution is 0.113. The van der Waals surface area contributed by atoms with Crippen LogP contribution in [-0.4, -0.2) is 52.1 Å². The predicted molar refractivity (Wildman–Crippen MR) is 85.6 cm³/mol. The molecule has 2 unspecified atom stereocenters. The van der Waals surface area contributed by atoms with E-state index in [-0.39, 0.29) is 12.1 Å². The van der Waals surface area contributed by atoms with Crippen LogP contribution in [0.25, 0.3) is 0 Å². The summed E-state index contributed by atoms with van der Waals surface area (Å²) in [5.41, 5.74) is 2.16. The second-order valence-corrected chi connectivity index (χ2v) is 6.69. The molecule has 0 radical (unpaired) electrons. The largest absolute Gasteiger partial charge is 0.391 e. The second kappa shape index (κ2) is 7.13. The van der Waals surface area contributed by atoms with Crippen molar-refractivity contribution in [2.75, 3.05) is 20.1 Å². The maximum absolute atomic E-state index is 12.0. The summed E-state index contributed by atoms with van der Waals surface area (Å²) >= 11 is 0. The van der Waals surface area contributed by atoms with Crippen molar-refractivity contribution in [2.24, 2.45) is 11.8 Å². The van der Waals surface area contributed by atoms with Crippen LogP contribution in [0.4, 0.5) is 4.79 Å². The third kappa shape index (κ3) is 4.73. The Morgan fingerprint density at radius 2 is 2.23 bits per heavy atom. The van der Waals surface area contributed by atoms with Gasteiger partial charge in [0, 0.05) is 32.4 Å². The third-order valence-corrected chi connectivity index (χ3v) is 4.16. The van der Waals surface area contributed by atoms with Gasteiger partial charge in [-0.1, -0.05) is 6.92 Å². The Bertz CT molecular complexity index is 510. The molecule has 1 aromatic heterocycles. The molecule has 1 aromatic rings. The Labute approximate surface area is 132 Å². The van der Waals surface area contributed by atoms with Gasteiger partial charge in [-0.05, 0) is 44.6 Å². The van der Waals surface area contributed by atoms with Crippen molar-refractivity contribution in [3.05, 3.63) is 17.5 Å². The van der Waals surface area contributed by atoms with Crippen molar-refractivity contribution < 1.29 is 9.90 Å². The molecule has 1 saturated carbocycles. The smallest absolute Gasteiger partial charge is 0.317 e. The van der Waals surface area contributed by atoms with E-state index in [2.05, 4.69) is 23.4 Å². The summed E-state index contributed by atoms with van der Waals surface area (Å²) in [5, 5.41) is 17.2. The van der Waals surface area contributed by atoms with Gasteiger partial charge in [-0.3, -0.25) is 4.68 Å². The Morgan fingerprint density at radius 1 is 1.55 bits per heavy atom. The predicted octanol–water partition coefficient (Wildman–Crippen LogP) is 1.55. The quantitative estimate of drug-likeness (QED) is 0.803. The molecular weight excluding hydrogens is 280 g/mol. The van der Waals surface area contributed by atoms with Gasteiger partial charge in [-0.2, -0.15) is 5.10 Å².